The summed E-state index contributed by atoms with van der Waals surface area (Å²) in [5, 5.41) is 0. The smallest absolute Gasteiger partial charge is 0.438 e. The molecule has 1 aromatic rings. The molecule has 114 valence electrons. The number of carbonyl (C=O) groups excluding carboxylic acids is 1. The van der Waals surface area contributed by atoms with Crippen LogP contribution in [0.25, 0.3) is 0 Å². The Morgan fingerprint density at radius 1 is 1.29 bits per heavy atom. The van der Waals surface area contributed by atoms with Crippen molar-refractivity contribution in [3.8, 4) is 11.8 Å². The molecule has 0 aliphatic heterocycles. The summed E-state index contributed by atoms with van der Waals surface area (Å²) >= 11 is 0. The highest BCUT2D eigenvalue weighted by atomic mass is 16.7. The molecule has 1 unspecified atom stereocenters. The van der Waals surface area contributed by atoms with E-state index in [-0.39, 0.29) is 0 Å². The minimum atomic E-state index is -0.835. The third kappa shape index (κ3) is 6.82. The van der Waals surface area contributed by atoms with Crippen LogP contribution in [-0.2, 0) is 20.8 Å². The first-order chi connectivity index (χ1) is 10.1. The van der Waals surface area contributed by atoms with E-state index in [0.29, 0.717) is 19.6 Å². The monoisotopic (exact) mass is 290 g/mol. The van der Waals surface area contributed by atoms with Gasteiger partial charge >= 0.3 is 6.16 Å². The molecule has 0 saturated heterocycles. The molecule has 0 spiro atoms. The second kappa shape index (κ2) is 9.04. The van der Waals surface area contributed by atoms with Gasteiger partial charge in [-0.15, -0.1) is 0 Å². The SMILES string of the molecule is CCCC(C)(C#CCOCc1ccccc1)OC(=O)OC. The van der Waals surface area contributed by atoms with E-state index in [9.17, 15) is 4.79 Å². The zero-order chi connectivity index (χ0) is 15.6. The van der Waals surface area contributed by atoms with Crippen molar-refractivity contribution in [2.75, 3.05) is 13.7 Å². The standard InChI is InChI=1S/C17H22O4/c1-4-11-17(2,21-16(18)19-3)12-8-13-20-14-15-9-6-5-7-10-15/h5-7,9-10H,4,11,13-14H2,1-3H3. The van der Waals surface area contributed by atoms with Crippen molar-refractivity contribution in [3.05, 3.63) is 35.9 Å². The van der Waals surface area contributed by atoms with Crippen LogP contribution >= 0.6 is 0 Å². The summed E-state index contributed by atoms with van der Waals surface area (Å²) in [6.07, 6.45) is 0.784. The molecule has 0 aliphatic carbocycles. The first kappa shape index (κ1) is 17.1. The van der Waals surface area contributed by atoms with Crippen molar-refractivity contribution < 1.29 is 19.0 Å². The molecule has 0 fully saturated rings. The predicted molar refractivity (Wildman–Crippen MR) is 80.7 cm³/mol. The van der Waals surface area contributed by atoms with E-state index in [2.05, 4.69) is 16.6 Å². The lowest BCUT2D eigenvalue weighted by atomic mass is 10.0. The summed E-state index contributed by atoms with van der Waals surface area (Å²) in [5.41, 5.74) is 0.263. The number of hydrogen-bond acceptors (Lipinski definition) is 4. The van der Waals surface area contributed by atoms with Crippen molar-refractivity contribution in [1.82, 2.24) is 0 Å². The largest absolute Gasteiger partial charge is 0.509 e. The Labute approximate surface area is 126 Å². The zero-order valence-corrected chi connectivity index (χ0v) is 12.8. The summed E-state index contributed by atoms with van der Waals surface area (Å²) in [4.78, 5) is 11.2. The molecule has 0 radical (unpaired) electrons. The molecule has 1 aromatic carbocycles. The van der Waals surface area contributed by atoms with Gasteiger partial charge in [0, 0.05) is 0 Å². The number of carbonyl (C=O) groups is 1. The molecule has 0 N–H and O–H groups in total. The number of benzene rings is 1. The molecule has 0 aliphatic rings. The number of methoxy groups -OCH3 is 1. The van der Waals surface area contributed by atoms with Gasteiger partial charge in [0.1, 0.15) is 6.61 Å². The van der Waals surface area contributed by atoms with Gasteiger partial charge in [-0.1, -0.05) is 55.5 Å². The van der Waals surface area contributed by atoms with Gasteiger partial charge in [-0.2, -0.15) is 0 Å². The Kier molecular flexibility index (Phi) is 7.34. The molecule has 0 saturated carbocycles. The number of ether oxygens (including phenoxy) is 3. The maximum Gasteiger partial charge on any atom is 0.509 e. The average Bonchev–Trinajstić information content (AvgIpc) is 2.48. The van der Waals surface area contributed by atoms with E-state index in [1.54, 1.807) is 6.92 Å². The van der Waals surface area contributed by atoms with Gasteiger partial charge in [-0.25, -0.2) is 4.79 Å². The number of rotatable bonds is 6. The van der Waals surface area contributed by atoms with Gasteiger partial charge in [-0.3, -0.25) is 0 Å². The summed E-state index contributed by atoms with van der Waals surface area (Å²) in [6, 6.07) is 9.88. The molecule has 0 aromatic heterocycles. The van der Waals surface area contributed by atoms with E-state index < -0.39 is 11.8 Å². The van der Waals surface area contributed by atoms with E-state index in [0.717, 1.165) is 12.0 Å². The Morgan fingerprint density at radius 2 is 2.00 bits per heavy atom. The first-order valence-corrected chi connectivity index (χ1v) is 6.98. The molecule has 0 heterocycles. The lowest BCUT2D eigenvalue weighted by Crippen LogP contribution is -2.30. The molecule has 4 nitrogen and oxygen atoms in total. The van der Waals surface area contributed by atoms with Crippen LogP contribution in [0, 0.1) is 11.8 Å². The summed E-state index contributed by atoms with van der Waals surface area (Å²) in [7, 11) is 1.28. The minimum absolute atomic E-state index is 0.290. The Balaban J connectivity index is 2.46. The van der Waals surface area contributed by atoms with Crippen molar-refractivity contribution >= 4 is 6.16 Å². The Morgan fingerprint density at radius 3 is 2.62 bits per heavy atom. The zero-order valence-electron chi connectivity index (χ0n) is 12.8. The summed E-state index contributed by atoms with van der Waals surface area (Å²) in [6.45, 7) is 4.58. The van der Waals surface area contributed by atoms with Gasteiger partial charge < -0.3 is 14.2 Å². The van der Waals surface area contributed by atoms with Crippen LogP contribution in [0.3, 0.4) is 0 Å². The fourth-order valence-corrected chi connectivity index (χ4v) is 1.86. The fourth-order valence-electron chi connectivity index (χ4n) is 1.86. The molecule has 0 bridgehead atoms. The van der Waals surface area contributed by atoms with Gasteiger partial charge in [0.15, 0.2) is 5.60 Å². The van der Waals surface area contributed by atoms with Crippen LogP contribution in [0.2, 0.25) is 0 Å². The Hall–Kier alpha value is -1.99. The van der Waals surface area contributed by atoms with E-state index in [4.69, 9.17) is 9.47 Å². The third-order valence-electron chi connectivity index (χ3n) is 2.84. The lowest BCUT2D eigenvalue weighted by Gasteiger charge is -2.22. The highest BCUT2D eigenvalue weighted by Crippen LogP contribution is 2.17. The predicted octanol–water partition coefficient (Wildman–Crippen LogP) is 3.55. The third-order valence-corrected chi connectivity index (χ3v) is 2.84. The maximum atomic E-state index is 11.2. The van der Waals surface area contributed by atoms with E-state index in [1.807, 2.05) is 37.3 Å². The molecule has 1 atom stereocenters. The van der Waals surface area contributed by atoms with Gasteiger partial charge in [-0.05, 0) is 18.9 Å². The van der Waals surface area contributed by atoms with Crippen LogP contribution in [-0.4, -0.2) is 25.5 Å². The van der Waals surface area contributed by atoms with Crippen LogP contribution in [0.15, 0.2) is 30.3 Å². The Bertz CT molecular complexity index is 487. The van der Waals surface area contributed by atoms with E-state index >= 15 is 0 Å². The van der Waals surface area contributed by atoms with Crippen LogP contribution in [0.1, 0.15) is 32.3 Å². The van der Waals surface area contributed by atoms with E-state index in [1.165, 1.54) is 7.11 Å². The maximum absolute atomic E-state index is 11.2. The first-order valence-electron chi connectivity index (χ1n) is 6.98. The van der Waals surface area contributed by atoms with Crippen LogP contribution < -0.4 is 0 Å². The van der Waals surface area contributed by atoms with Gasteiger partial charge in [0.2, 0.25) is 0 Å². The van der Waals surface area contributed by atoms with Crippen molar-refractivity contribution in [1.29, 1.82) is 0 Å². The second-order valence-electron chi connectivity index (χ2n) is 4.82. The molecule has 21 heavy (non-hydrogen) atoms. The van der Waals surface area contributed by atoms with Crippen molar-refractivity contribution in [3.63, 3.8) is 0 Å². The van der Waals surface area contributed by atoms with Gasteiger partial charge in [0.25, 0.3) is 0 Å². The van der Waals surface area contributed by atoms with Crippen molar-refractivity contribution in [2.45, 2.75) is 38.9 Å². The number of hydrogen-bond donors (Lipinski definition) is 0. The molecule has 0 amide bonds. The highest BCUT2D eigenvalue weighted by Gasteiger charge is 2.25. The molecule has 1 rings (SSSR count). The minimum Gasteiger partial charge on any atom is -0.438 e. The van der Waals surface area contributed by atoms with Crippen LogP contribution in [0.4, 0.5) is 4.79 Å². The topological polar surface area (TPSA) is 44.8 Å². The highest BCUT2D eigenvalue weighted by molar-refractivity contribution is 5.60. The average molecular weight is 290 g/mol. The fraction of sp³-hybridized carbons (Fsp3) is 0.471. The second-order valence-corrected chi connectivity index (χ2v) is 4.82. The normalized spacial score (nSPS) is 12.7. The molecular formula is C17H22O4. The quantitative estimate of drug-likeness (QED) is 0.456. The molecule has 4 heteroatoms. The van der Waals surface area contributed by atoms with Gasteiger partial charge in [0.05, 0.1) is 13.7 Å². The van der Waals surface area contributed by atoms with Crippen molar-refractivity contribution in [2.24, 2.45) is 0 Å². The summed E-state index contributed by atoms with van der Waals surface area (Å²) < 4.78 is 15.2. The van der Waals surface area contributed by atoms with Crippen LogP contribution in [0.5, 0.6) is 0 Å². The lowest BCUT2D eigenvalue weighted by molar-refractivity contribution is 0.00917. The summed E-state index contributed by atoms with van der Waals surface area (Å²) in [5.74, 6) is 5.86. The molecular weight excluding hydrogens is 268 g/mol.